The minimum atomic E-state index is -0.185. The maximum absolute atomic E-state index is 13.2. The van der Waals surface area contributed by atoms with Gasteiger partial charge in [0.15, 0.2) is 0 Å². The van der Waals surface area contributed by atoms with Gasteiger partial charge in [0.1, 0.15) is 0 Å². The summed E-state index contributed by atoms with van der Waals surface area (Å²) in [7, 11) is 0. The minimum Gasteiger partial charge on any atom is -0.274 e. The van der Waals surface area contributed by atoms with E-state index in [9.17, 15) is 19.2 Å². The van der Waals surface area contributed by atoms with E-state index in [4.69, 9.17) is 0 Å². The van der Waals surface area contributed by atoms with Crippen LogP contribution >= 0.6 is 35.3 Å². The second kappa shape index (κ2) is 12.1. The first-order valence-electron chi connectivity index (χ1n) is 17.5. The van der Waals surface area contributed by atoms with Gasteiger partial charge in [0.25, 0.3) is 0 Å². The van der Waals surface area contributed by atoms with Crippen LogP contribution in [0.4, 0.5) is 11.4 Å². The highest BCUT2D eigenvalue weighted by Gasteiger charge is 2.60. The van der Waals surface area contributed by atoms with E-state index in [1.807, 2.05) is 48.5 Å². The fourth-order valence-corrected chi connectivity index (χ4v) is 11.6. The van der Waals surface area contributed by atoms with Crippen molar-refractivity contribution >= 4 is 70.3 Å². The van der Waals surface area contributed by atoms with Crippen molar-refractivity contribution in [1.29, 1.82) is 0 Å². The molecule has 10 rings (SSSR count). The number of rotatable bonds is 8. The lowest BCUT2D eigenvalue weighted by Gasteiger charge is -2.17. The van der Waals surface area contributed by atoms with E-state index in [1.165, 1.54) is 9.80 Å². The van der Waals surface area contributed by atoms with Gasteiger partial charge in [-0.2, -0.15) is 0 Å². The van der Waals surface area contributed by atoms with Crippen LogP contribution in [0.15, 0.2) is 151 Å². The van der Waals surface area contributed by atoms with Crippen LogP contribution in [0.2, 0.25) is 0 Å². The van der Waals surface area contributed by atoms with Crippen LogP contribution in [0.3, 0.4) is 0 Å². The number of hydrogen-bond donors (Lipinski definition) is 0. The number of allylic oxidation sites excluding steroid dienone is 4. The summed E-state index contributed by atoms with van der Waals surface area (Å²) in [5.41, 5.74) is 1.33. The molecule has 4 bridgehead atoms. The molecule has 252 valence electrons. The molecule has 2 saturated heterocycles. The Kier molecular flexibility index (Phi) is 7.48. The topological polar surface area (TPSA) is 74.8 Å². The summed E-state index contributed by atoms with van der Waals surface area (Å²) in [6, 6.07) is 32.4. The first-order chi connectivity index (χ1) is 24.9. The van der Waals surface area contributed by atoms with Crippen molar-refractivity contribution < 1.29 is 19.2 Å². The first-order valence-corrected chi connectivity index (χ1v) is 19.9. The van der Waals surface area contributed by atoms with Crippen molar-refractivity contribution in [2.45, 2.75) is 42.2 Å². The molecule has 0 unspecified atom stereocenters. The maximum atomic E-state index is 13.2. The number of imide groups is 2. The van der Waals surface area contributed by atoms with Crippen LogP contribution < -0.4 is 9.80 Å². The average Bonchev–Trinajstić information content (AvgIpc) is 4.01. The summed E-state index contributed by atoms with van der Waals surface area (Å²) < 4.78 is 0. The summed E-state index contributed by atoms with van der Waals surface area (Å²) in [5, 5.41) is 0. The lowest BCUT2D eigenvalue weighted by molar-refractivity contribution is -0.124. The number of nitrogens with zero attached hydrogens (tertiary/aromatic N) is 2. The largest absolute Gasteiger partial charge is 0.274 e. The van der Waals surface area contributed by atoms with Crippen LogP contribution in [0, 0.1) is 47.3 Å². The van der Waals surface area contributed by atoms with Gasteiger partial charge in [-0.3, -0.25) is 29.0 Å². The molecule has 9 heteroatoms. The molecule has 4 aromatic carbocycles. The molecule has 2 heterocycles. The number of carbonyl (C=O) groups excluding carboxylic acids is 4. The maximum Gasteiger partial charge on any atom is 0.238 e. The van der Waals surface area contributed by atoms with E-state index in [2.05, 4.69) is 72.8 Å². The number of amides is 4. The molecule has 6 nitrogen and oxygen atoms in total. The molecule has 6 aliphatic rings. The summed E-state index contributed by atoms with van der Waals surface area (Å²) in [4.78, 5) is 62.1. The molecule has 4 aromatic rings. The SMILES string of the molecule is O=C1[C@@H]2[C@H](C(=O)N1c1ccc(Sc3ccc(Sc4ccc(Sc5ccc(N6C(=O)[C@@H]7[C@H](C6=O)[C@H]6C=C[C@H]7C6)cc5)cc4)cc3)cc1)[C@H]1C=C[C@H]2C1. The van der Waals surface area contributed by atoms with Crippen LogP contribution in [-0.2, 0) is 19.2 Å². The number of hydrogen-bond acceptors (Lipinski definition) is 7. The van der Waals surface area contributed by atoms with E-state index in [0.717, 1.165) is 42.2 Å². The first kappa shape index (κ1) is 31.4. The third-order valence-electron chi connectivity index (χ3n) is 11.5. The standard InChI is InChI=1S/C42H32N2O4S3/c45-39-35-23-1-2-24(21-23)36(35)40(46)43(39)27-5-9-29(10-6-27)49-31-13-17-33(18-14-31)51-34-19-15-32(16-20-34)50-30-11-7-28(8-12-30)44-41(47)37-25-3-4-26(22-25)38(37)42(44)48/h1-20,23-26,35-38H,21-22H2/t23-,24-,25-,26-,35-,36+,37-,38+/m0/s1. The smallest absolute Gasteiger partial charge is 0.238 e. The molecule has 4 aliphatic carbocycles. The third kappa shape index (κ3) is 5.19. The molecule has 0 spiro atoms. The van der Waals surface area contributed by atoms with Crippen molar-refractivity contribution in [2.75, 3.05) is 9.80 Å². The van der Waals surface area contributed by atoms with E-state index < -0.39 is 0 Å². The second-order valence-corrected chi connectivity index (χ2v) is 17.7. The quantitative estimate of drug-likeness (QED) is 0.133. The van der Waals surface area contributed by atoms with E-state index >= 15 is 0 Å². The lowest BCUT2D eigenvalue weighted by atomic mass is 9.85. The Labute approximate surface area is 308 Å². The molecule has 51 heavy (non-hydrogen) atoms. The average molecular weight is 725 g/mol. The number of fused-ring (bicyclic) bond motifs is 10. The summed E-state index contributed by atoms with van der Waals surface area (Å²) in [6.07, 6.45) is 10.4. The molecular formula is C42H32N2O4S3. The Hall–Kier alpha value is -4.31. The lowest BCUT2D eigenvalue weighted by Crippen LogP contribution is -2.32. The second-order valence-electron chi connectivity index (χ2n) is 14.3. The van der Waals surface area contributed by atoms with Gasteiger partial charge in [-0.25, -0.2) is 0 Å². The molecule has 0 N–H and O–H groups in total. The van der Waals surface area contributed by atoms with Gasteiger partial charge in [-0.05, 0) is 134 Å². The van der Waals surface area contributed by atoms with Gasteiger partial charge >= 0.3 is 0 Å². The highest BCUT2D eigenvalue weighted by atomic mass is 32.2. The zero-order valence-corrected chi connectivity index (χ0v) is 29.8. The van der Waals surface area contributed by atoms with Crippen molar-refractivity contribution in [3.05, 3.63) is 121 Å². The predicted molar refractivity (Wildman–Crippen MR) is 199 cm³/mol. The Bertz CT molecular complexity index is 1950. The third-order valence-corrected chi connectivity index (χ3v) is 14.5. The van der Waals surface area contributed by atoms with Gasteiger partial charge in [0.2, 0.25) is 23.6 Å². The Balaban J connectivity index is 0.736. The van der Waals surface area contributed by atoms with Gasteiger partial charge < -0.3 is 0 Å². The number of benzene rings is 4. The van der Waals surface area contributed by atoms with E-state index in [-0.39, 0.29) is 71.0 Å². The van der Waals surface area contributed by atoms with Gasteiger partial charge in [-0.1, -0.05) is 59.6 Å². The zero-order chi connectivity index (χ0) is 34.4. The van der Waals surface area contributed by atoms with E-state index in [1.54, 1.807) is 35.3 Å². The fraction of sp³-hybridized carbons (Fsp3) is 0.238. The molecule has 4 amide bonds. The normalized spacial score (nSPS) is 29.6. The fourth-order valence-electron chi connectivity index (χ4n) is 9.20. The van der Waals surface area contributed by atoms with Crippen molar-refractivity contribution in [3.8, 4) is 0 Å². The van der Waals surface area contributed by atoms with Gasteiger partial charge in [0, 0.05) is 29.4 Å². The Morgan fingerprint density at radius 3 is 0.804 bits per heavy atom. The number of carbonyl (C=O) groups is 4. The molecule has 0 radical (unpaired) electrons. The Morgan fingerprint density at radius 1 is 0.353 bits per heavy atom. The summed E-state index contributed by atoms with van der Waals surface area (Å²) in [5.74, 6) is -0.0722. The highest BCUT2D eigenvalue weighted by Crippen LogP contribution is 2.54. The summed E-state index contributed by atoms with van der Waals surface area (Å²) >= 11 is 5.01. The monoisotopic (exact) mass is 724 g/mol. The van der Waals surface area contributed by atoms with Gasteiger partial charge in [0.05, 0.1) is 35.0 Å². The van der Waals surface area contributed by atoms with E-state index in [0.29, 0.717) is 11.4 Å². The Morgan fingerprint density at radius 2 is 0.569 bits per heavy atom. The zero-order valence-electron chi connectivity index (χ0n) is 27.3. The molecule has 2 aliphatic heterocycles. The van der Waals surface area contributed by atoms with Crippen LogP contribution in [0.5, 0.6) is 0 Å². The van der Waals surface area contributed by atoms with Crippen LogP contribution in [-0.4, -0.2) is 23.6 Å². The van der Waals surface area contributed by atoms with Gasteiger partial charge in [-0.15, -0.1) is 0 Å². The molecule has 8 atom stereocenters. The molecule has 4 fully saturated rings. The molecule has 0 aromatic heterocycles. The van der Waals surface area contributed by atoms with Crippen molar-refractivity contribution in [1.82, 2.24) is 0 Å². The van der Waals surface area contributed by atoms with Crippen LogP contribution in [0.1, 0.15) is 12.8 Å². The summed E-state index contributed by atoms with van der Waals surface area (Å²) in [6.45, 7) is 0. The van der Waals surface area contributed by atoms with Crippen molar-refractivity contribution in [2.24, 2.45) is 47.3 Å². The predicted octanol–water partition coefficient (Wildman–Crippen LogP) is 8.76. The van der Waals surface area contributed by atoms with Crippen molar-refractivity contribution in [3.63, 3.8) is 0 Å². The highest BCUT2D eigenvalue weighted by molar-refractivity contribution is 8.00. The van der Waals surface area contributed by atoms with Crippen LogP contribution in [0.25, 0.3) is 0 Å². The molecule has 2 saturated carbocycles. The molecular weight excluding hydrogens is 693 g/mol. The minimum absolute atomic E-state index is 0.0448. The number of anilines is 2.